The molecule has 0 amide bonds. The fourth-order valence-corrected chi connectivity index (χ4v) is 1.42. The molecule has 0 aromatic heterocycles. The van der Waals surface area contributed by atoms with Gasteiger partial charge in [0.2, 0.25) is 0 Å². The van der Waals surface area contributed by atoms with Crippen molar-refractivity contribution < 1.29 is 19.3 Å². The van der Waals surface area contributed by atoms with Crippen LogP contribution in [0.3, 0.4) is 0 Å². The Bertz CT molecular complexity index is 481. The molecule has 7 nitrogen and oxygen atoms in total. The van der Waals surface area contributed by atoms with Crippen LogP contribution in [0.15, 0.2) is 29.4 Å². The predicted molar refractivity (Wildman–Crippen MR) is 67.9 cm³/mol. The number of nitro benzene ring substituents is 1. The average Bonchev–Trinajstić information content (AvgIpc) is 2.38. The van der Waals surface area contributed by atoms with E-state index < -0.39 is 10.9 Å². The number of non-ortho nitro benzene ring substituents is 1. The van der Waals surface area contributed by atoms with E-state index in [2.05, 4.69) is 9.99 Å². The van der Waals surface area contributed by atoms with Crippen LogP contribution in [0.4, 0.5) is 5.69 Å². The second-order valence-electron chi connectivity index (χ2n) is 3.51. The molecule has 0 radical (unpaired) electrons. The Morgan fingerprint density at radius 1 is 1.37 bits per heavy atom. The summed E-state index contributed by atoms with van der Waals surface area (Å²) in [5.74, 6) is -0.434. The van der Waals surface area contributed by atoms with Crippen LogP contribution < -0.4 is 0 Å². The van der Waals surface area contributed by atoms with E-state index in [1.54, 1.807) is 6.92 Å². The second kappa shape index (κ2) is 7.10. The Balaban J connectivity index is 2.90. The third-order valence-corrected chi connectivity index (χ3v) is 2.23. The van der Waals surface area contributed by atoms with Crippen molar-refractivity contribution in [2.45, 2.75) is 13.3 Å². The van der Waals surface area contributed by atoms with Crippen molar-refractivity contribution in [2.24, 2.45) is 5.16 Å². The van der Waals surface area contributed by atoms with Gasteiger partial charge in [0.05, 0.1) is 23.7 Å². The van der Waals surface area contributed by atoms with E-state index in [1.165, 1.54) is 31.4 Å². The maximum Gasteiger partial charge on any atom is 0.312 e. The molecule has 0 spiro atoms. The largest absolute Gasteiger partial charge is 0.466 e. The van der Waals surface area contributed by atoms with Gasteiger partial charge in [0.1, 0.15) is 7.11 Å². The van der Waals surface area contributed by atoms with Gasteiger partial charge in [-0.05, 0) is 19.1 Å². The summed E-state index contributed by atoms with van der Waals surface area (Å²) in [6.45, 7) is 1.98. The topological polar surface area (TPSA) is 91.0 Å². The lowest BCUT2D eigenvalue weighted by Crippen LogP contribution is -2.12. The number of nitrogens with zero attached hydrogens (tertiary/aromatic N) is 2. The lowest BCUT2D eigenvalue weighted by molar-refractivity contribution is -0.384. The van der Waals surface area contributed by atoms with Crippen LogP contribution >= 0.6 is 0 Å². The van der Waals surface area contributed by atoms with Crippen molar-refractivity contribution >= 4 is 17.4 Å². The van der Waals surface area contributed by atoms with Crippen LogP contribution in [0, 0.1) is 10.1 Å². The molecule has 0 unspecified atom stereocenters. The zero-order chi connectivity index (χ0) is 14.3. The summed E-state index contributed by atoms with van der Waals surface area (Å²) in [6, 6.07) is 5.70. The maximum absolute atomic E-state index is 11.4. The number of esters is 1. The molecule has 0 saturated heterocycles. The zero-order valence-electron chi connectivity index (χ0n) is 10.7. The SMILES string of the molecule is CCOC(=O)C/C(=N/OC)c1ccc([N+](=O)[O-])cc1. The van der Waals surface area contributed by atoms with E-state index in [0.717, 1.165) is 0 Å². The van der Waals surface area contributed by atoms with E-state index in [1.807, 2.05) is 0 Å². The van der Waals surface area contributed by atoms with Gasteiger partial charge in [-0.25, -0.2) is 0 Å². The molecule has 1 aromatic rings. The highest BCUT2D eigenvalue weighted by atomic mass is 16.6. The van der Waals surface area contributed by atoms with Crippen LogP contribution in [0.2, 0.25) is 0 Å². The van der Waals surface area contributed by atoms with Gasteiger partial charge in [-0.1, -0.05) is 5.16 Å². The number of nitro groups is 1. The third kappa shape index (κ3) is 4.38. The number of hydrogen-bond acceptors (Lipinski definition) is 6. The summed E-state index contributed by atoms with van der Waals surface area (Å²) in [4.78, 5) is 26.1. The molecule has 0 saturated carbocycles. The van der Waals surface area contributed by atoms with Gasteiger partial charge in [0.15, 0.2) is 0 Å². The van der Waals surface area contributed by atoms with E-state index in [-0.39, 0.29) is 18.7 Å². The van der Waals surface area contributed by atoms with Crippen molar-refractivity contribution in [2.75, 3.05) is 13.7 Å². The van der Waals surface area contributed by atoms with Crippen molar-refractivity contribution in [3.63, 3.8) is 0 Å². The number of rotatable bonds is 6. The molecule has 0 N–H and O–H groups in total. The molecule has 1 rings (SSSR count). The van der Waals surface area contributed by atoms with Gasteiger partial charge in [0, 0.05) is 17.7 Å². The minimum Gasteiger partial charge on any atom is -0.466 e. The highest BCUT2D eigenvalue weighted by Crippen LogP contribution is 2.14. The molecule has 0 aliphatic carbocycles. The Morgan fingerprint density at radius 3 is 2.47 bits per heavy atom. The Kier molecular flexibility index (Phi) is 5.46. The highest BCUT2D eigenvalue weighted by molar-refractivity contribution is 6.09. The summed E-state index contributed by atoms with van der Waals surface area (Å²) < 4.78 is 4.82. The Labute approximate surface area is 110 Å². The first-order chi connectivity index (χ1) is 9.08. The van der Waals surface area contributed by atoms with Crippen LogP contribution in [0.25, 0.3) is 0 Å². The van der Waals surface area contributed by atoms with Gasteiger partial charge >= 0.3 is 5.97 Å². The van der Waals surface area contributed by atoms with Crippen LogP contribution in [0.1, 0.15) is 18.9 Å². The number of ether oxygens (including phenoxy) is 1. The lowest BCUT2D eigenvalue weighted by atomic mass is 10.1. The van der Waals surface area contributed by atoms with Crippen molar-refractivity contribution in [3.8, 4) is 0 Å². The summed E-state index contributed by atoms with van der Waals surface area (Å²) in [6.07, 6.45) is -0.0561. The number of carbonyl (C=O) groups excluding carboxylic acids is 1. The lowest BCUT2D eigenvalue weighted by Gasteiger charge is -2.05. The molecule has 1 aromatic carbocycles. The minimum absolute atomic E-state index is 0.0309. The fraction of sp³-hybridized carbons (Fsp3) is 0.333. The van der Waals surface area contributed by atoms with Gasteiger partial charge in [0.25, 0.3) is 5.69 Å². The summed E-state index contributed by atoms with van der Waals surface area (Å²) in [5, 5.41) is 14.3. The Hall–Kier alpha value is -2.44. The summed E-state index contributed by atoms with van der Waals surface area (Å²) in [7, 11) is 1.36. The van der Waals surface area contributed by atoms with Crippen LogP contribution in [-0.2, 0) is 14.4 Å². The molecule has 0 aliphatic heterocycles. The molecule has 0 atom stereocenters. The van der Waals surface area contributed by atoms with Crippen LogP contribution in [-0.4, -0.2) is 30.3 Å². The van der Waals surface area contributed by atoms with Gasteiger partial charge in [-0.2, -0.15) is 0 Å². The normalized spacial score (nSPS) is 10.9. The van der Waals surface area contributed by atoms with Gasteiger partial charge in [-0.3, -0.25) is 14.9 Å². The first kappa shape index (κ1) is 14.6. The number of benzene rings is 1. The molecule has 102 valence electrons. The zero-order valence-corrected chi connectivity index (χ0v) is 10.7. The second-order valence-corrected chi connectivity index (χ2v) is 3.51. The molecule has 7 heteroatoms. The molecular weight excluding hydrogens is 252 g/mol. The first-order valence-corrected chi connectivity index (χ1v) is 5.59. The standard InChI is InChI=1S/C12H14N2O5/c1-3-19-12(15)8-11(13-18-2)9-4-6-10(7-5-9)14(16)17/h4-7H,3,8H2,1-2H3/b13-11-. The predicted octanol–water partition coefficient (Wildman–Crippen LogP) is 1.90. The highest BCUT2D eigenvalue weighted by Gasteiger charge is 2.13. The van der Waals surface area contributed by atoms with E-state index in [4.69, 9.17) is 4.74 Å². The number of oxime groups is 1. The molecular formula is C12H14N2O5. The van der Waals surface area contributed by atoms with E-state index in [0.29, 0.717) is 11.3 Å². The molecule has 19 heavy (non-hydrogen) atoms. The van der Waals surface area contributed by atoms with Crippen LogP contribution in [0.5, 0.6) is 0 Å². The quantitative estimate of drug-likeness (QED) is 0.339. The maximum atomic E-state index is 11.4. The monoisotopic (exact) mass is 266 g/mol. The summed E-state index contributed by atoms with van der Waals surface area (Å²) in [5.41, 5.74) is 0.896. The van der Waals surface area contributed by atoms with E-state index >= 15 is 0 Å². The van der Waals surface area contributed by atoms with E-state index in [9.17, 15) is 14.9 Å². The number of carbonyl (C=O) groups is 1. The molecule has 0 fully saturated rings. The van der Waals surface area contributed by atoms with Crippen molar-refractivity contribution in [3.05, 3.63) is 39.9 Å². The third-order valence-electron chi connectivity index (χ3n) is 2.23. The average molecular weight is 266 g/mol. The number of hydrogen-bond donors (Lipinski definition) is 0. The molecule has 0 heterocycles. The minimum atomic E-state index is -0.498. The molecule has 0 bridgehead atoms. The molecule has 0 aliphatic rings. The van der Waals surface area contributed by atoms with Gasteiger partial charge in [-0.15, -0.1) is 0 Å². The smallest absolute Gasteiger partial charge is 0.312 e. The first-order valence-electron chi connectivity index (χ1n) is 5.59. The van der Waals surface area contributed by atoms with Crippen molar-refractivity contribution in [1.82, 2.24) is 0 Å². The Morgan fingerprint density at radius 2 is 2.00 bits per heavy atom. The fourth-order valence-electron chi connectivity index (χ4n) is 1.42. The van der Waals surface area contributed by atoms with Gasteiger partial charge < -0.3 is 9.57 Å². The summed E-state index contributed by atoms with van der Waals surface area (Å²) >= 11 is 0. The van der Waals surface area contributed by atoms with Crippen molar-refractivity contribution in [1.29, 1.82) is 0 Å².